The number of carbonyl (C=O) groups excluding carboxylic acids is 1. The van der Waals surface area contributed by atoms with Crippen molar-refractivity contribution in [2.45, 2.75) is 19.8 Å². The van der Waals surface area contributed by atoms with Crippen molar-refractivity contribution >= 4 is 11.7 Å². The van der Waals surface area contributed by atoms with Crippen LogP contribution in [0.15, 0.2) is 12.3 Å². The molecule has 0 spiro atoms. The first-order valence-corrected chi connectivity index (χ1v) is 7.78. The number of piperidine rings is 1. The van der Waals surface area contributed by atoms with Crippen LogP contribution in [0.3, 0.4) is 0 Å². The number of carbonyl (C=O) groups is 1. The van der Waals surface area contributed by atoms with Crippen LogP contribution in [0, 0.1) is 12.8 Å². The molecule has 2 saturated heterocycles. The van der Waals surface area contributed by atoms with Gasteiger partial charge in [-0.25, -0.2) is 9.97 Å². The summed E-state index contributed by atoms with van der Waals surface area (Å²) in [6, 6.07) is 1.95. The Morgan fingerprint density at radius 3 is 2.62 bits per heavy atom. The highest BCUT2D eigenvalue weighted by Gasteiger charge is 2.29. The average molecular weight is 289 g/mol. The number of anilines is 1. The first-order chi connectivity index (χ1) is 10.2. The van der Waals surface area contributed by atoms with Gasteiger partial charge in [0, 0.05) is 51.4 Å². The van der Waals surface area contributed by atoms with Crippen molar-refractivity contribution in [2.24, 2.45) is 5.92 Å². The normalized spacial score (nSPS) is 20.6. The van der Waals surface area contributed by atoms with Gasteiger partial charge in [0.2, 0.25) is 5.91 Å². The number of aryl methyl sites for hydroxylation is 1. The molecule has 3 heterocycles. The Bertz CT molecular complexity index is 493. The molecule has 6 nitrogen and oxygen atoms in total. The van der Waals surface area contributed by atoms with E-state index in [1.54, 1.807) is 6.20 Å². The third kappa shape index (κ3) is 3.32. The van der Waals surface area contributed by atoms with Gasteiger partial charge in [-0.05, 0) is 25.8 Å². The Balaban J connectivity index is 1.56. The van der Waals surface area contributed by atoms with E-state index in [4.69, 9.17) is 0 Å². The zero-order valence-corrected chi connectivity index (χ0v) is 12.6. The Hall–Kier alpha value is -1.69. The molecular formula is C15H23N5O. The lowest BCUT2D eigenvalue weighted by molar-refractivity contribution is -0.136. The van der Waals surface area contributed by atoms with E-state index in [0.29, 0.717) is 5.91 Å². The monoisotopic (exact) mass is 289 g/mol. The van der Waals surface area contributed by atoms with Gasteiger partial charge in [-0.1, -0.05) is 0 Å². The summed E-state index contributed by atoms with van der Waals surface area (Å²) in [5, 5.41) is 3.29. The smallest absolute Gasteiger partial charge is 0.225 e. The fourth-order valence-corrected chi connectivity index (χ4v) is 3.12. The summed E-state index contributed by atoms with van der Waals surface area (Å²) >= 11 is 0. The summed E-state index contributed by atoms with van der Waals surface area (Å²) in [7, 11) is 0. The summed E-state index contributed by atoms with van der Waals surface area (Å²) in [6.07, 6.45) is 3.65. The van der Waals surface area contributed by atoms with Crippen LogP contribution in [0.25, 0.3) is 0 Å². The highest BCUT2D eigenvalue weighted by atomic mass is 16.2. The van der Waals surface area contributed by atoms with E-state index < -0.39 is 0 Å². The SMILES string of the molecule is Cc1nccc(N2CCC(C(=O)N3CCNCC3)CC2)n1. The lowest BCUT2D eigenvalue weighted by Crippen LogP contribution is -2.50. The molecule has 0 saturated carbocycles. The van der Waals surface area contributed by atoms with Crippen LogP contribution in [0.4, 0.5) is 5.82 Å². The van der Waals surface area contributed by atoms with Gasteiger partial charge in [-0.3, -0.25) is 4.79 Å². The van der Waals surface area contributed by atoms with Gasteiger partial charge in [-0.2, -0.15) is 0 Å². The molecule has 1 aromatic heterocycles. The van der Waals surface area contributed by atoms with Gasteiger partial charge >= 0.3 is 0 Å². The predicted octanol–water partition coefficient (Wildman–Crippen LogP) is 0.433. The van der Waals surface area contributed by atoms with Crippen LogP contribution in [0.2, 0.25) is 0 Å². The molecule has 0 bridgehead atoms. The number of rotatable bonds is 2. The number of amides is 1. The summed E-state index contributed by atoms with van der Waals surface area (Å²) in [5.41, 5.74) is 0. The lowest BCUT2D eigenvalue weighted by Gasteiger charge is -2.36. The lowest BCUT2D eigenvalue weighted by atomic mass is 9.95. The third-order valence-electron chi connectivity index (χ3n) is 4.36. The van der Waals surface area contributed by atoms with E-state index in [9.17, 15) is 4.79 Å². The summed E-state index contributed by atoms with van der Waals surface area (Å²) in [6.45, 7) is 7.26. The standard InChI is InChI=1S/C15H23N5O/c1-12-17-5-2-14(18-12)19-8-3-13(4-9-19)15(21)20-10-6-16-7-11-20/h2,5,13,16H,3-4,6-11H2,1H3. The van der Waals surface area contributed by atoms with Crippen LogP contribution >= 0.6 is 0 Å². The number of hydrogen-bond acceptors (Lipinski definition) is 5. The van der Waals surface area contributed by atoms with Gasteiger partial charge < -0.3 is 15.1 Å². The third-order valence-corrected chi connectivity index (χ3v) is 4.36. The second-order valence-electron chi connectivity index (χ2n) is 5.80. The van der Waals surface area contributed by atoms with Crippen molar-refractivity contribution in [3.8, 4) is 0 Å². The van der Waals surface area contributed by atoms with Crippen LogP contribution < -0.4 is 10.2 Å². The minimum atomic E-state index is 0.183. The van der Waals surface area contributed by atoms with Crippen molar-refractivity contribution in [1.82, 2.24) is 20.2 Å². The Morgan fingerprint density at radius 2 is 1.95 bits per heavy atom. The second-order valence-corrected chi connectivity index (χ2v) is 5.80. The Morgan fingerprint density at radius 1 is 1.24 bits per heavy atom. The van der Waals surface area contributed by atoms with Gasteiger partial charge in [0.25, 0.3) is 0 Å². The molecule has 2 aliphatic heterocycles. The summed E-state index contributed by atoms with van der Waals surface area (Å²) in [4.78, 5) is 25.4. The van der Waals surface area contributed by atoms with Crippen molar-refractivity contribution in [3.63, 3.8) is 0 Å². The van der Waals surface area contributed by atoms with Gasteiger partial charge in [0.05, 0.1) is 0 Å². The van der Waals surface area contributed by atoms with Crippen LogP contribution in [0.1, 0.15) is 18.7 Å². The fourth-order valence-electron chi connectivity index (χ4n) is 3.12. The first-order valence-electron chi connectivity index (χ1n) is 7.78. The van der Waals surface area contributed by atoms with E-state index in [-0.39, 0.29) is 5.92 Å². The summed E-state index contributed by atoms with van der Waals surface area (Å²) < 4.78 is 0. The molecule has 6 heteroatoms. The summed E-state index contributed by atoms with van der Waals surface area (Å²) in [5.74, 6) is 2.30. The number of nitrogens with zero attached hydrogens (tertiary/aromatic N) is 4. The highest BCUT2D eigenvalue weighted by Crippen LogP contribution is 2.23. The first kappa shape index (κ1) is 14.3. The molecular weight excluding hydrogens is 266 g/mol. The van der Waals surface area contributed by atoms with E-state index in [0.717, 1.165) is 63.8 Å². The molecule has 0 aliphatic carbocycles. The molecule has 1 N–H and O–H groups in total. The van der Waals surface area contributed by atoms with Gasteiger partial charge in [-0.15, -0.1) is 0 Å². The topological polar surface area (TPSA) is 61.4 Å². The minimum Gasteiger partial charge on any atom is -0.356 e. The molecule has 2 aliphatic rings. The maximum atomic E-state index is 12.5. The molecule has 0 unspecified atom stereocenters. The number of aromatic nitrogens is 2. The Labute approximate surface area is 125 Å². The molecule has 3 rings (SSSR count). The number of nitrogens with one attached hydrogen (secondary N) is 1. The molecule has 1 amide bonds. The van der Waals surface area contributed by atoms with E-state index in [1.807, 2.05) is 17.9 Å². The number of hydrogen-bond donors (Lipinski definition) is 1. The van der Waals surface area contributed by atoms with Crippen molar-refractivity contribution in [2.75, 3.05) is 44.2 Å². The maximum absolute atomic E-state index is 12.5. The quantitative estimate of drug-likeness (QED) is 0.856. The van der Waals surface area contributed by atoms with Crippen LogP contribution in [0.5, 0.6) is 0 Å². The van der Waals surface area contributed by atoms with Gasteiger partial charge in [0.15, 0.2) is 0 Å². The maximum Gasteiger partial charge on any atom is 0.225 e. The largest absolute Gasteiger partial charge is 0.356 e. The van der Waals surface area contributed by atoms with E-state index in [2.05, 4.69) is 20.2 Å². The average Bonchev–Trinajstić information content (AvgIpc) is 2.55. The van der Waals surface area contributed by atoms with E-state index >= 15 is 0 Å². The van der Waals surface area contributed by atoms with Crippen molar-refractivity contribution < 1.29 is 4.79 Å². The van der Waals surface area contributed by atoms with Crippen molar-refractivity contribution in [3.05, 3.63) is 18.1 Å². The zero-order valence-electron chi connectivity index (χ0n) is 12.6. The minimum absolute atomic E-state index is 0.183. The number of piperazine rings is 1. The molecule has 0 aromatic carbocycles. The van der Waals surface area contributed by atoms with Crippen LogP contribution in [-0.4, -0.2) is 60.0 Å². The molecule has 114 valence electrons. The zero-order chi connectivity index (χ0) is 14.7. The molecule has 0 atom stereocenters. The molecule has 0 radical (unpaired) electrons. The van der Waals surface area contributed by atoms with Crippen LogP contribution in [-0.2, 0) is 4.79 Å². The van der Waals surface area contributed by atoms with Gasteiger partial charge in [0.1, 0.15) is 11.6 Å². The molecule has 2 fully saturated rings. The molecule has 21 heavy (non-hydrogen) atoms. The second kappa shape index (κ2) is 6.39. The molecule has 1 aromatic rings. The fraction of sp³-hybridized carbons (Fsp3) is 0.667. The van der Waals surface area contributed by atoms with Crippen molar-refractivity contribution in [1.29, 1.82) is 0 Å². The Kier molecular flexibility index (Phi) is 4.34. The van der Waals surface area contributed by atoms with E-state index in [1.165, 1.54) is 0 Å². The predicted molar refractivity (Wildman–Crippen MR) is 81.2 cm³/mol. The highest BCUT2D eigenvalue weighted by molar-refractivity contribution is 5.79.